The molecule has 1 saturated heterocycles. The molecule has 0 bridgehead atoms. The SMILES string of the molecule is CCC(CO)OC(CO)OC.CCC(CO)OC(COC(=O)NCCC(=O)NCCNC(=O)CCOCCOCCNC(=O)CCN1C(=O)C=CC1=O)OC.CCC(CO)OC(COC(=O)NCCC(=O)N[C@@H](C)C(=O)OCCCNC(=O)c1cc(-c2ccc(NC(=O)c3nc(NC(=O)CCCOc4cc5c(cc4OC)C(=O)N4CCC[C@H]4C=N5)cn3C)cc2)cn1C)OC.CCC(CO)OC(COC(=O)NCCC(=O)O)OC. The number of esters is 1. The van der Waals surface area contributed by atoms with Crippen LogP contribution in [0.2, 0.25) is 0 Å². The first-order valence-electron chi connectivity index (χ1n) is 48.7. The number of carboxylic acid groups (broad SMARTS) is 1. The lowest BCUT2D eigenvalue weighted by molar-refractivity contribution is -0.181. The van der Waals surface area contributed by atoms with Gasteiger partial charge in [0.05, 0.1) is 128 Å². The quantitative estimate of drug-likeness (QED) is 0.00978. The highest BCUT2D eigenvalue weighted by atomic mass is 16.7. The molecule has 149 heavy (non-hydrogen) atoms. The molecule has 3 aliphatic rings. The van der Waals surface area contributed by atoms with Crippen molar-refractivity contribution in [1.82, 2.24) is 66.5 Å². The molecule has 0 aliphatic carbocycles. The van der Waals surface area contributed by atoms with E-state index in [9.17, 15) is 77.0 Å². The number of benzene rings is 2. The number of methoxy groups -OCH3 is 5. The van der Waals surface area contributed by atoms with E-state index in [4.69, 9.17) is 101 Å². The number of rotatable bonds is 68. The third kappa shape index (κ3) is 50.7. The number of aryl methyl sites for hydroxylation is 2. The smallest absolute Gasteiger partial charge is 0.407 e. The van der Waals surface area contributed by atoms with E-state index in [0.717, 1.165) is 28.9 Å². The molecule has 2 aromatic carbocycles. The molecule has 0 saturated carbocycles. The van der Waals surface area contributed by atoms with Gasteiger partial charge in [0.15, 0.2) is 42.5 Å². The third-order valence-corrected chi connectivity index (χ3v) is 21.7. The van der Waals surface area contributed by atoms with Crippen LogP contribution >= 0.6 is 0 Å². The second-order valence-electron chi connectivity index (χ2n) is 32.8. The molecule has 7 rings (SSSR count). The van der Waals surface area contributed by atoms with Gasteiger partial charge in [-0.15, -0.1) is 0 Å². The Bertz CT molecular complexity index is 4780. The number of anilines is 2. The van der Waals surface area contributed by atoms with E-state index in [0.29, 0.717) is 79.2 Å². The van der Waals surface area contributed by atoms with Crippen molar-refractivity contribution in [2.75, 3.05) is 198 Å². The number of alkyl carbamates (subject to hydrolysis) is 3. The lowest BCUT2D eigenvalue weighted by Crippen LogP contribution is -2.41. The predicted octanol–water partition coefficient (Wildman–Crippen LogP) is 1.48. The van der Waals surface area contributed by atoms with Gasteiger partial charge in [0.25, 0.3) is 29.5 Å². The molecular weight excluding hydrogens is 1970 g/mol. The van der Waals surface area contributed by atoms with Gasteiger partial charge in [0.1, 0.15) is 31.6 Å². The highest BCUT2D eigenvalue weighted by Crippen LogP contribution is 2.38. The van der Waals surface area contributed by atoms with E-state index >= 15 is 0 Å². The summed E-state index contributed by atoms with van der Waals surface area (Å²) in [5.74, 6) is -4.07. The summed E-state index contributed by atoms with van der Waals surface area (Å²) in [6, 6.07) is 11.1. The average Bonchev–Trinajstić information content (AvgIpc) is 1.66. The lowest BCUT2D eigenvalue weighted by atomic mass is 10.1. The van der Waals surface area contributed by atoms with Crippen molar-refractivity contribution in [3.05, 3.63) is 84.1 Å². The van der Waals surface area contributed by atoms with E-state index in [1.54, 1.807) is 73.5 Å². The fourth-order valence-electron chi connectivity index (χ4n) is 13.2. The van der Waals surface area contributed by atoms with Crippen LogP contribution in [0.3, 0.4) is 0 Å². The number of aliphatic hydroxyl groups excluding tert-OH is 5. The minimum absolute atomic E-state index is 0.00704. The predicted molar refractivity (Wildman–Crippen MR) is 531 cm³/mol. The molecule has 53 nitrogen and oxygen atoms in total. The number of imidazole rings is 1. The van der Waals surface area contributed by atoms with Gasteiger partial charge in [-0.3, -0.25) is 62.6 Å². The first-order valence-corrected chi connectivity index (χ1v) is 48.7. The molecule has 16 N–H and O–H groups in total. The van der Waals surface area contributed by atoms with Gasteiger partial charge in [-0.05, 0) is 88.1 Å². The number of amides is 13. The Morgan fingerprint density at radius 2 is 0.993 bits per heavy atom. The molecule has 10 atom stereocenters. The molecule has 8 unspecified atom stereocenters. The molecule has 2 aromatic heterocycles. The standard InChI is InChI=1S/C51H66N10O14.C27H45N5O12.C11H21NO7.C7H16O4/c1-7-36(29-62)75-45(71-6)30-74-51(69)53-19-17-44(64)55-31(2)50(68)73-22-10-18-52-47(65)39-23-33(27-59(39)3)32-13-15-34(16-14-32)56-48(66)46-58-42(28-60(46)4)57-43(63)12-9-21-72-41-25-38-37(24-40(41)70-5)49(67)61-20-8-11-35(61)26-54-38;1-3-20(18-33)44-26(40-2)19-43-27(39)31-9-6-21(34)28-10-11-29-23(36)8-14-41-16-17-42-15-12-30-22(35)7-13-32-24(37)4-5-25(32)38;1-3-8(6-13)19-10(17-2)7-18-11(16)12-5-4-9(14)15;1-3-6(4-8)11-7(5-9)10-2/h13-16,23-28,31,35-36,45,62H,7-12,17-22,29-30H2,1-6H3,(H,52,65)(H,53,69)(H,55,64)(H,56,66)(H,57,63);4-5,20,26,33H,3,6-19H2,1-2H3,(H,28,34)(H,29,36)(H,30,35)(H,31,39);8,10,13H,3-7H2,1-2H3,(H,12,16)(H,14,15);6-9H,3-5H2,1-2H3/t31-,35-,36?,45?;;;/m0.../s1. The zero-order chi connectivity index (χ0) is 110. The zero-order valence-electron chi connectivity index (χ0n) is 86.4. The lowest BCUT2D eigenvalue weighted by Gasteiger charge is -2.21. The maximum Gasteiger partial charge on any atom is 0.407 e. The Kier molecular flexibility index (Phi) is 63.7. The number of nitrogens with one attached hydrogen (secondary N) is 10. The zero-order valence-corrected chi connectivity index (χ0v) is 86.4. The van der Waals surface area contributed by atoms with E-state index in [2.05, 4.69) is 63.1 Å². The molecule has 0 spiro atoms. The molecule has 53 heteroatoms. The van der Waals surface area contributed by atoms with Gasteiger partial charge in [0, 0.05) is 182 Å². The summed E-state index contributed by atoms with van der Waals surface area (Å²) in [7, 11) is 10.5. The molecule has 5 heterocycles. The van der Waals surface area contributed by atoms with Crippen LogP contribution < -0.4 is 62.6 Å². The molecule has 0 radical (unpaired) electrons. The second kappa shape index (κ2) is 74.0. The van der Waals surface area contributed by atoms with Crippen molar-refractivity contribution >= 4 is 113 Å². The third-order valence-electron chi connectivity index (χ3n) is 21.7. The highest BCUT2D eigenvalue weighted by Gasteiger charge is 2.34. The first kappa shape index (κ1) is 128. The highest BCUT2D eigenvalue weighted by molar-refractivity contribution is 6.13. The van der Waals surface area contributed by atoms with Crippen LogP contribution in [0.1, 0.15) is 156 Å². The largest absolute Gasteiger partial charge is 0.493 e. The number of carboxylic acids is 1. The van der Waals surface area contributed by atoms with Gasteiger partial charge < -0.3 is 174 Å². The number of aliphatic hydroxyl groups is 5. The van der Waals surface area contributed by atoms with Crippen LogP contribution in [0, 0.1) is 0 Å². The van der Waals surface area contributed by atoms with Gasteiger partial charge in [0.2, 0.25) is 35.4 Å². The number of ether oxygens (including phenoxy) is 16. The van der Waals surface area contributed by atoms with Crippen LogP contribution in [-0.4, -0.2) is 399 Å². The van der Waals surface area contributed by atoms with E-state index in [-0.39, 0.29) is 249 Å². The Morgan fingerprint density at radius 3 is 1.52 bits per heavy atom. The fourth-order valence-corrected chi connectivity index (χ4v) is 13.2. The van der Waals surface area contributed by atoms with Gasteiger partial charge in [-0.2, -0.15) is 0 Å². The average molecular weight is 2120 g/mol. The van der Waals surface area contributed by atoms with Crippen molar-refractivity contribution in [3.63, 3.8) is 0 Å². The summed E-state index contributed by atoms with van der Waals surface area (Å²) in [6.07, 6.45) is 5.40. The van der Waals surface area contributed by atoms with E-state index in [1.807, 2.05) is 32.6 Å². The van der Waals surface area contributed by atoms with Crippen molar-refractivity contribution in [2.45, 2.75) is 186 Å². The molecule has 4 aromatic rings. The summed E-state index contributed by atoms with van der Waals surface area (Å²) >= 11 is 0. The number of hydrogen-bond acceptors (Lipinski definition) is 38. The van der Waals surface area contributed by atoms with Crippen LogP contribution in [0.25, 0.3) is 11.1 Å². The fraction of sp³-hybridized carbons (Fsp3) is 0.615. The Morgan fingerprint density at radius 1 is 0.477 bits per heavy atom. The number of carbonyl (C=O) groups is 15. The summed E-state index contributed by atoms with van der Waals surface area (Å²) in [6.45, 7) is 10.2. The normalized spacial score (nSPS) is 14.5. The molecular formula is C96H148N16O37. The van der Waals surface area contributed by atoms with Crippen LogP contribution in [0.4, 0.5) is 31.6 Å². The summed E-state index contributed by atoms with van der Waals surface area (Å²) in [5.41, 5.74) is 3.38. The number of carbonyl (C=O) groups excluding carboxylic acids is 14. The number of aliphatic imine (C=N–C) groups is 1. The Balaban J connectivity index is 0.000000520. The summed E-state index contributed by atoms with van der Waals surface area (Å²) in [4.78, 5) is 192. The number of hydrogen-bond donors (Lipinski definition) is 16. The number of imide groups is 1. The van der Waals surface area contributed by atoms with Crippen molar-refractivity contribution in [3.8, 4) is 22.6 Å². The number of aliphatic carboxylic acids is 1. The monoisotopic (exact) mass is 2120 g/mol. The van der Waals surface area contributed by atoms with E-state index in [1.165, 1.54) is 65.4 Å². The number of nitrogens with zero attached hydrogens (tertiary/aromatic N) is 6. The summed E-state index contributed by atoms with van der Waals surface area (Å²) < 4.78 is 86.6. The van der Waals surface area contributed by atoms with Gasteiger partial charge >= 0.3 is 30.2 Å². The van der Waals surface area contributed by atoms with Crippen LogP contribution in [0.15, 0.2) is 72.0 Å². The topological polar surface area (TPSA) is 687 Å². The minimum atomic E-state index is -1.01. The Labute approximate surface area is 863 Å². The van der Waals surface area contributed by atoms with Crippen molar-refractivity contribution < 1.29 is 178 Å². The Hall–Kier alpha value is -13.0. The van der Waals surface area contributed by atoms with Crippen LogP contribution in [0.5, 0.6) is 11.5 Å². The molecule has 834 valence electrons. The van der Waals surface area contributed by atoms with E-state index < -0.39 is 97.3 Å². The minimum Gasteiger partial charge on any atom is -0.493 e. The number of fused-ring (bicyclic) bond motifs is 2. The van der Waals surface area contributed by atoms with Crippen molar-refractivity contribution in [1.29, 1.82) is 0 Å². The second-order valence-corrected chi connectivity index (χ2v) is 32.8. The maximum absolute atomic E-state index is 13.3. The molecule has 3 aliphatic heterocycles. The van der Waals surface area contributed by atoms with Crippen molar-refractivity contribution in [2.24, 2.45) is 19.1 Å². The van der Waals surface area contributed by atoms with Gasteiger partial charge in [-0.1, -0.05) is 39.8 Å². The van der Waals surface area contributed by atoms with Crippen LogP contribution in [-0.2, 0) is 124 Å². The van der Waals surface area contributed by atoms with Gasteiger partial charge in [-0.25, -0.2) is 24.2 Å². The first-order chi connectivity index (χ1) is 71.6. The summed E-state index contributed by atoms with van der Waals surface area (Å²) in [5, 5.41) is 79.0. The molecule has 13 amide bonds. The molecule has 1 fully saturated rings. The number of aromatic nitrogens is 3. The maximum atomic E-state index is 13.3.